The van der Waals surface area contributed by atoms with Crippen molar-refractivity contribution >= 4 is 17.5 Å². The Kier molecular flexibility index (Phi) is 5.42. The minimum atomic E-state index is -0.519. The first-order valence-corrected chi connectivity index (χ1v) is 8.31. The molecule has 0 saturated carbocycles. The first-order valence-electron chi connectivity index (χ1n) is 8.31. The summed E-state index contributed by atoms with van der Waals surface area (Å²) in [7, 11) is 1.72. The molecule has 0 atom stereocenters. The minimum absolute atomic E-state index is 0.0946. The number of rotatable bonds is 6. The zero-order valence-electron chi connectivity index (χ0n) is 14.3. The molecule has 1 fully saturated rings. The Morgan fingerprint density at radius 2 is 2.23 bits per heavy atom. The number of non-ortho nitro benzene ring substituents is 1. The predicted molar refractivity (Wildman–Crippen MR) is 93.1 cm³/mol. The standard InChI is InChI=1S/C16H20N6O4/c1-21-16(19-15(20-21)11-5-7-17-8-6-11)18-14(23)10-26-13-4-2-3-12(9-13)22(24)25/h2-4,9,11,17H,5-8,10H2,1H3,(H,18,19,20,23). The molecule has 2 N–H and O–H groups in total. The number of nitro benzene ring substituents is 1. The fourth-order valence-electron chi connectivity index (χ4n) is 2.76. The Labute approximate surface area is 149 Å². The number of benzene rings is 1. The lowest BCUT2D eigenvalue weighted by Gasteiger charge is -2.19. The maximum atomic E-state index is 12.1. The Hall–Kier alpha value is -3.01. The number of amides is 1. The fourth-order valence-corrected chi connectivity index (χ4v) is 2.76. The highest BCUT2D eigenvalue weighted by molar-refractivity contribution is 5.90. The Morgan fingerprint density at radius 3 is 2.96 bits per heavy atom. The third kappa shape index (κ3) is 4.33. The summed E-state index contributed by atoms with van der Waals surface area (Å²) in [6.45, 7) is 1.58. The summed E-state index contributed by atoms with van der Waals surface area (Å²) in [5.74, 6) is 1.20. The minimum Gasteiger partial charge on any atom is -0.484 e. The molecule has 1 aromatic heterocycles. The third-order valence-electron chi connectivity index (χ3n) is 4.13. The van der Waals surface area contributed by atoms with Crippen molar-refractivity contribution in [2.45, 2.75) is 18.8 Å². The van der Waals surface area contributed by atoms with E-state index in [1.807, 2.05) is 0 Å². The molecule has 0 unspecified atom stereocenters. The summed E-state index contributed by atoms with van der Waals surface area (Å²) in [6.07, 6.45) is 1.93. The lowest BCUT2D eigenvalue weighted by molar-refractivity contribution is -0.384. The number of nitrogens with one attached hydrogen (secondary N) is 2. The third-order valence-corrected chi connectivity index (χ3v) is 4.13. The van der Waals surface area contributed by atoms with Gasteiger partial charge >= 0.3 is 0 Å². The second-order valence-corrected chi connectivity index (χ2v) is 6.03. The van der Waals surface area contributed by atoms with Gasteiger partial charge in [-0.15, -0.1) is 0 Å². The van der Waals surface area contributed by atoms with Crippen molar-refractivity contribution in [3.63, 3.8) is 0 Å². The van der Waals surface area contributed by atoms with E-state index in [4.69, 9.17) is 4.74 Å². The van der Waals surface area contributed by atoms with Crippen LogP contribution in [0.4, 0.5) is 11.6 Å². The molecule has 0 bridgehead atoms. The number of hydrogen-bond acceptors (Lipinski definition) is 7. The summed E-state index contributed by atoms with van der Waals surface area (Å²) in [4.78, 5) is 26.7. The van der Waals surface area contributed by atoms with Crippen molar-refractivity contribution in [1.29, 1.82) is 0 Å². The van der Waals surface area contributed by atoms with Crippen LogP contribution < -0.4 is 15.4 Å². The molecule has 1 aliphatic heterocycles. The van der Waals surface area contributed by atoms with Gasteiger partial charge < -0.3 is 10.1 Å². The van der Waals surface area contributed by atoms with Crippen LogP contribution in [0.3, 0.4) is 0 Å². The average Bonchev–Trinajstić information content (AvgIpc) is 3.01. The highest BCUT2D eigenvalue weighted by atomic mass is 16.6. The van der Waals surface area contributed by atoms with Gasteiger partial charge in [0.05, 0.1) is 11.0 Å². The quantitative estimate of drug-likeness (QED) is 0.586. The predicted octanol–water partition coefficient (Wildman–Crippen LogP) is 1.21. The molecule has 2 aromatic rings. The summed E-state index contributed by atoms with van der Waals surface area (Å²) in [6, 6.07) is 5.68. The number of carbonyl (C=O) groups is 1. The van der Waals surface area contributed by atoms with Crippen molar-refractivity contribution in [1.82, 2.24) is 20.1 Å². The lowest BCUT2D eigenvalue weighted by atomic mass is 9.98. The fraction of sp³-hybridized carbons (Fsp3) is 0.438. The van der Waals surface area contributed by atoms with Gasteiger partial charge in [0.1, 0.15) is 5.75 Å². The highest BCUT2D eigenvalue weighted by Crippen LogP contribution is 2.23. The highest BCUT2D eigenvalue weighted by Gasteiger charge is 2.21. The summed E-state index contributed by atoms with van der Waals surface area (Å²) in [5, 5.41) is 21.1. The van der Waals surface area contributed by atoms with Crippen molar-refractivity contribution in [3.8, 4) is 5.75 Å². The molecule has 3 rings (SSSR count). The molecule has 0 radical (unpaired) electrons. The van der Waals surface area contributed by atoms with Crippen molar-refractivity contribution in [3.05, 3.63) is 40.2 Å². The van der Waals surface area contributed by atoms with Gasteiger partial charge in [0, 0.05) is 19.0 Å². The van der Waals surface area contributed by atoms with Crippen LogP contribution in [0.15, 0.2) is 24.3 Å². The number of piperidine rings is 1. The maximum absolute atomic E-state index is 12.1. The maximum Gasteiger partial charge on any atom is 0.273 e. The monoisotopic (exact) mass is 360 g/mol. The zero-order valence-corrected chi connectivity index (χ0v) is 14.3. The molecular weight excluding hydrogens is 340 g/mol. The van der Waals surface area contributed by atoms with Crippen LogP contribution in [0.25, 0.3) is 0 Å². The smallest absolute Gasteiger partial charge is 0.273 e. The Bertz CT molecular complexity index is 800. The number of hydrogen-bond donors (Lipinski definition) is 2. The van der Waals surface area contributed by atoms with Crippen LogP contribution in [0.2, 0.25) is 0 Å². The van der Waals surface area contributed by atoms with E-state index in [-0.39, 0.29) is 24.0 Å². The van der Waals surface area contributed by atoms with E-state index < -0.39 is 10.8 Å². The second kappa shape index (κ2) is 7.91. The van der Waals surface area contributed by atoms with Gasteiger partial charge in [0.25, 0.3) is 11.6 Å². The largest absolute Gasteiger partial charge is 0.484 e. The SMILES string of the molecule is Cn1nc(C2CCNCC2)nc1NC(=O)COc1cccc([N+](=O)[O-])c1. The van der Waals surface area contributed by atoms with Gasteiger partial charge in [-0.25, -0.2) is 4.68 Å². The second-order valence-electron chi connectivity index (χ2n) is 6.03. The number of nitro groups is 1. The summed E-state index contributed by atoms with van der Waals surface area (Å²) >= 11 is 0. The number of carbonyl (C=O) groups excluding carboxylic acids is 1. The Morgan fingerprint density at radius 1 is 1.46 bits per heavy atom. The first kappa shape index (κ1) is 17.8. The van der Waals surface area contributed by atoms with Gasteiger partial charge in [-0.2, -0.15) is 10.1 Å². The number of aryl methyl sites for hydroxylation is 1. The van der Waals surface area contributed by atoms with Crippen LogP contribution >= 0.6 is 0 Å². The van der Waals surface area contributed by atoms with E-state index in [1.54, 1.807) is 13.1 Å². The van der Waals surface area contributed by atoms with Gasteiger partial charge in [0.2, 0.25) is 5.95 Å². The normalized spacial score (nSPS) is 14.8. The number of aromatic nitrogens is 3. The first-order chi connectivity index (χ1) is 12.5. The van der Waals surface area contributed by atoms with Crippen LogP contribution in [0.5, 0.6) is 5.75 Å². The van der Waals surface area contributed by atoms with E-state index in [9.17, 15) is 14.9 Å². The topological polar surface area (TPSA) is 124 Å². The molecule has 138 valence electrons. The van der Waals surface area contributed by atoms with Crippen molar-refractivity contribution in [2.75, 3.05) is 25.0 Å². The van der Waals surface area contributed by atoms with E-state index in [1.165, 1.54) is 22.9 Å². The van der Waals surface area contributed by atoms with Gasteiger partial charge in [-0.1, -0.05) is 6.07 Å². The van der Waals surface area contributed by atoms with Gasteiger partial charge in [0.15, 0.2) is 12.4 Å². The molecule has 10 heteroatoms. The van der Waals surface area contributed by atoms with Crippen LogP contribution in [-0.2, 0) is 11.8 Å². The zero-order chi connectivity index (χ0) is 18.5. The van der Waals surface area contributed by atoms with Crippen LogP contribution in [-0.4, -0.2) is 45.3 Å². The van der Waals surface area contributed by atoms with Crippen molar-refractivity contribution in [2.24, 2.45) is 7.05 Å². The number of nitrogens with zero attached hydrogens (tertiary/aromatic N) is 4. The lowest BCUT2D eigenvalue weighted by Crippen LogP contribution is -2.27. The van der Waals surface area contributed by atoms with Gasteiger partial charge in [-0.3, -0.25) is 20.2 Å². The molecule has 2 heterocycles. The molecule has 1 aromatic carbocycles. The van der Waals surface area contributed by atoms with Gasteiger partial charge in [-0.05, 0) is 32.0 Å². The van der Waals surface area contributed by atoms with Crippen molar-refractivity contribution < 1.29 is 14.5 Å². The molecule has 1 aliphatic rings. The summed E-state index contributed by atoms with van der Waals surface area (Å²) in [5.41, 5.74) is -0.0946. The number of ether oxygens (including phenoxy) is 1. The molecule has 26 heavy (non-hydrogen) atoms. The average molecular weight is 360 g/mol. The molecule has 1 amide bonds. The molecule has 10 nitrogen and oxygen atoms in total. The van der Waals surface area contributed by atoms with E-state index in [0.717, 1.165) is 31.8 Å². The van der Waals surface area contributed by atoms with Crippen LogP contribution in [0.1, 0.15) is 24.6 Å². The summed E-state index contributed by atoms with van der Waals surface area (Å²) < 4.78 is 6.84. The molecule has 1 saturated heterocycles. The molecule has 0 spiro atoms. The van der Waals surface area contributed by atoms with E-state index >= 15 is 0 Å². The number of anilines is 1. The molecule has 0 aliphatic carbocycles. The molecular formula is C16H20N6O4. The Balaban J connectivity index is 1.57. The van der Waals surface area contributed by atoms with Crippen LogP contribution in [0, 0.1) is 10.1 Å². The van der Waals surface area contributed by atoms with E-state index in [2.05, 4.69) is 20.7 Å². The van der Waals surface area contributed by atoms with E-state index in [0.29, 0.717) is 5.95 Å².